The van der Waals surface area contributed by atoms with Crippen molar-refractivity contribution in [3.8, 4) is 11.8 Å². The monoisotopic (exact) mass is 305 g/mol. The Bertz CT molecular complexity index is 568. The maximum Gasteiger partial charge on any atom is 0.206 e. The molecule has 1 aromatic carbocycles. The highest BCUT2D eigenvalue weighted by molar-refractivity contribution is 5.40. The summed E-state index contributed by atoms with van der Waals surface area (Å²) in [6.45, 7) is -0.482. The number of benzene rings is 1. The van der Waals surface area contributed by atoms with E-state index in [-0.39, 0.29) is 0 Å². The quantitative estimate of drug-likeness (QED) is 0.411. The highest BCUT2D eigenvalue weighted by Gasteiger charge is 2.32. The van der Waals surface area contributed by atoms with Crippen LogP contribution < -0.4 is 5.73 Å². The van der Waals surface area contributed by atoms with E-state index < -0.39 is 24.0 Å². The van der Waals surface area contributed by atoms with Crippen molar-refractivity contribution in [2.24, 2.45) is 5.73 Å². The maximum atomic E-state index is 10.4. The van der Waals surface area contributed by atoms with Gasteiger partial charge in [0.2, 0.25) is 5.79 Å². The second kappa shape index (κ2) is 6.78. The van der Waals surface area contributed by atoms with Crippen molar-refractivity contribution < 1.29 is 20.4 Å². The first-order chi connectivity index (χ1) is 10.4. The second-order valence-corrected chi connectivity index (χ2v) is 5.95. The van der Waals surface area contributed by atoms with Gasteiger partial charge in [-0.25, -0.2) is 0 Å². The summed E-state index contributed by atoms with van der Waals surface area (Å²) in [5, 5.41) is 39.6. The van der Waals surface area contributed by atoms with E-state index >= 15 is 0 Å². The molecule has 6 N–H and O–H groups in total. The minimum Gasteiger partial charge on any atom is -0.383 e. The van der Waals surface area contributed by atoms with Crippen molar-refractivity contribution in [3.63, 3.8) is 0 Å². The molecule has 0 aromatic heterocycles. The van der Waals surface area contributed by atoms with Crippen LogP contribution in [0.4, 0.5) is 0 Å². The summed E-state index contributed by atoms with van der Waals surface area (Å²) in [5.74, 6) is 3.44. The van der Waals surface area contributed by atoms with Crippen molar-refractivity contribution in [2.75, 3.05) is 6.54 Å². The fraction of sp³-hybridized carbons (Fsp3) is 0.529. The van der Waals surface area contributed by atoms with Gasteiger partial charge in [0.05, 0.1) is 0 Å². The molecule has 2 rings (SSSR count). The van der Waals surface area contributed by atoms with E-state index in [1.807, 2.05) is 0 Å². The molecule has 0 amide bonds. The number of hydrogen-bond acceptors (Lipinski definition) is 5. The molecule has 1 fully saturated rings. The highest BCUT2D eigenvalue weighted by atomic mass is 16.5. The maximum absolute atomic E-state index is 10.4. The summed E-state index contributed by atoms with van der Waals surface area (Å²) >= 11 is 0. The minimum atomic E-state index is -2.38. The van der Waals surface area contributed by atoms with Crippen LogP contribution in [0.15, 0.2) is 24.3 Å². The predicted molar refractivity (Wildman–Crippen MR) is 82.5 cm³/mol. The Morgan fingerprint density at radius 1 is 1.23 bits per heavy atom. The number of aliphatic hydroxyl groups is 4. The van der Waals surface area contributed by atoms with Crippen LogP contribution in [0, 0.1) is 11.8 Å². The lowest BCUT2D eigenvalue weighted by atomic mass is 9.85. The normalized spacial score (nSPS) is 19.1. The predicted octanol–water partition coefficient (Wildman–Crippen LogP) is 0.406. The molecule has 0 spiro atoms. The molecule has 0 heterocycles. The molecule has 120 valence electrons. The fourth-order valence-corrected chi connectivity index (χ4v) is 2.62. The lowest BCUT2D eigenvalue weighted by Gasteiger charge is -2.26. The molecule has 0 saturated heterocycles. The zero-order chi connectivity index (χ0) is 16.2. The summed E-state index contributed by atoms with van der Waals surface area (Å²) in [7, 11) is 0. The van der Waals surface area contributed by atoms with Crippen LogP contribution in [0.1, 0.15) is 49.3 Å². The van der Waals surface area contributed by atoms with E-state index in [0.717, 1.165) is 19.3 Å². The Balaban J connectivity index is 2.19. The van der Waals surface area contributed by atoms with Crippen molar-refractivity contribution in [2.45, 2.75) is 49.6 Å². The summed E-state index contributed by atoms with van der Waals surface area (Å²) in [6, 6.07) is 6.55. The molecule has 5 heteroatoms. The molecule has 1 aliphatic carbocycles. The Hall–Kier alpha value is -1.42. The second-order valence-electron chi connectivity index (χ2n) is 5.95. The van der Waals surface area contributed by atoms with Crippen molar-refractivity contribution in [3.05, 3.63) is 35.4 Å². The Morgan fingerprint density at radius 2 is 1.91 bits per heavy atom. The summed E-state index contributed by atoms with van der Waals surface area (Å²) in [6.07, 6.45) is 2.89. The molecule has 1 aromatic rings. The SMILES string of the molecule is NCC(O)(O)C(O)c1cccc(C#CC2(O)CCCCC2)c1. The first-order valence-corrected chi connectivity index (χ1v) is 7.55. The van der Waals surface area contributed by atoms with E-state index in [9.17, 15) is 20.4 Å². The lowest BCUT2D eigenvalue weighted by molar-refractivity contribution is -0.219. The summed E-state index contributed by atoms with van der Waals surface area (Å²) in [5.41, 5.74) is 5.21. The van der Waals surface area contributed by atoms with Gasteiger partial charge >= 0.3 is 0 Å². The lowest BCUT2D eigenvalue weighted by Crippen LogP contribution is -2.43. The number of rotatable bonds is 3. The van der Waals surface area contributed by atoms with Crippen molar-refractivity contribution in [1.82, 2.24) is 0 Å². The van der Waals surface area contributed by atoms with Crippen LogP contribution in [0.3, 0.4) is 0 Å². The van der Waals surface area contributed by atoms with E-state index in [1.54, 1.807) is 24.3 Å². The van der Waals surface area contributed by atoms with Crippen LogP contribution in [0.5, 0.6) is 0 Å². The zero-order valence-electron chi connectivity index (χ0n) is 12.5. The molecule has 0 radical (unpaired) electrons. The first kappa shape index (κ1) is 16.9. The topological polar surface area (TPSA) is 107 Å². The minimum absolute atomic E-state index is 0.317. The molecular weight excluding hydrogens is 282 g/mol. The van der Waals surface area contributed by atoms with Gasteiger partial charge in [0, 0.05) is 12.1 Å². The molecule has 22 heavy (non-hydrogen) atoms. The molecule has 1 saturated carbocycles. The number of aliphatic hydroxyl groups excluding tert-OH is 1. The molecule has 0 bridgehead atoms. The van der Waals surface area contributed by atoms with Gasteiger partial charge in [-0.3, -0.25) is 0 Å². The van der Waals surface area contributed by atoms with Crippen LogP contribution in [-0.2, 0) is 0 Å². The van der Waals surface area contributed by atoms with E-state index in [1.165, 1.54) is 0 Å². The van der Waals surface area contributed by atoms with Gasteiger partial charge in [-0.2, -0.15) is 0 Å². The standard InChI is InChI=1S/C17H23NO4/c18-12-17(21,22)15(19)14-6-4-5-13(11-14)7-10-16(20)8-2-1-3-9-16/h4-6,11,15,19-22H,1-3,8-9,12,18H2. The van der Waals surface area contributed by atoms with Gasteiger partial charge < -0.3 is 26.2 Å². The van der Waals surface area contributed by atoms with Crippen LogP contribution in [0.25, 0.3) is 0 Å². The van der Waals surface area contributed by atoms with E-state index in [0.29, 0.717) is 24.0 Å². The third kappa shape index (κ3) is 4.07. The van der Waals surface area contributed by atoms with Gasteiger partial charge in [-0.05, 0) is 43.4 Å². The van der Waals surface area contributed by atoms with Crippen LogP contribution >= 0.6 is 0 Å². The molecule has 0 aliphatic heterocycles. The molecule has 1 aliphatic rings. The molecule has 5 nitrogen and oxygen atoms in total. The summed E-state index contributed by atoms with van der Waals surface area (Å²) in [4.78, 5) is 0. The molecule has 1 unspecified atom stereocenters. The van der Waals surface area contributed by atoms with Gasteiger partial charge in [-0.1, -0.05) is 30.4 Å². The zero-order valence-corrected chi connectivity index (χ0v) is 12.5. The molecule has 1 atom stereocenters. The van der Waals surface area contributed by atoms with Gasteiger partial charge in [0.15, 0.2) is 0 Å². The van der Waals surface area contributed by atoms with Gasteiger partial charge in [-0.15, -0.1) is 0 Å². The van der Waals surface area contributed by atoms with Crippen LogP contribution in [-0.4, -0.2) is 38.4 Å². The van der Waals surface area contributed by atoms with E-state index in [2.05, 4.69) is 11.8 Å². The smallest absolute Gasteiger partial charge is 0.206 e. The van der Waals surface area contributed by atoms with Gasteiger partial charge in [0.25, 0.3) is 0 Å². The largest absolute Gasteiger partial charge is 0.383 e. The Morgan fingerprint density at radius 3 is 2.55 bits per heavy atom. The number of hydrogen-bond donors (Lipinski definition) is 5. The average Bonchev–Trinajstić information content (AvgIpc) is 2.53. The highest BCUT2D eigenvalue weighted by Crippen LogP contribution is 2.27. The van der Waals surface area contributed by atoms with Crippen molar-refractivity contribution in [1.29, 1.82) is 0 Å². The third-order valence-corrected chi connectivity index (χ3v) is 4.06. The van der Waals surface area contributed by atoms with Gasteiger partial charge in [0.1, 0.15) is 11.7 Å². The number of nitrogens with two attached hydrogens (primary N) is 1. The first-order valence-electron chi connectivity index (χ1n) is 7.55. The summed E-state index contributed by atoms with van der Waals surface area (Å²) < 4.78 is 0. The van der Waals surface area contributed by atoms with E-state index in [4.69, 9.17) is 5.73 Å². The van der Waals surface area contributed by atoms with Crippen molar-refractivity contribution >= 4 is 0 Å². The average molecular weight is 305 g/mol. The fourth-order valence-electron chi connectivity index (χ4n) is 2.62. The molecular formula is C17H23NO4. The Kier molecular flexibility index (Phi) is 5.22. The van der Waals surface area contributed by atoms with Crippen LogP contribution in [0.2, 0.25) is 0 Å². The Labute approximate surface area is 130 Å². The third-order valence-electron chi connectivity index (χ3n) is 4.06.